The lowest BCUT2D eigenvalue weighted by atomic mass is 10.2. The van der Waals surface area contributed by atoms with E-state index in [1.807, 2.05) is 30.6 Å². The summed E-state index contributed by atoms with van der Waals surface area (Å²) in [7, 11) is 3.82. The second-order valence-corrected chi connectivity index (χ2v) is 6.51. The van der Waals surface area contributed by atoms with Gasteiger partial charge in [0.05, 0.1) is 11.4 Å². The third kappa shape index (κ3) is 3.75. The van der Waals surface area contributed by atoms with E-state index in [0.717, 1.165) is 23.1 Å². The number of rotatable bonds is 6. The van der Waals surface area contributed by atoms with E-state index in [4.69, 9.17) is 0 Å². The predicted octanol–water partition coefficient (Wildman–Crippen LogP) is 2.14. The fraction of sp³-hybridized carbons (Fsp3) is 0.714. The topological polar surface area (TPSA) is 38.1 Å². The largest absolute Gasteiger partial charge is 0.341 e. The van der Waals surface area contributed by atoms with Crippen molar-refractivity contribution in [3.63, 3.8) is 0 Å². The van der Waals surface area contributed by atoms with Gasteiger partial charge in [0.25, 0.3) is 0 Å². The lowest BCUT2D eigenvalue weighted by Crippen LogP contribution is -2.28. The highest BCUT2D eigenvalue weighted by molar-refractivity contribution is 7.99. The van der Waals surface area contributed by atoms with Crippen LogP contribution in [0, 0.1) is 19.8 Å². The first-order valence-corrected chi connectivity index (χ1v) is 7.95. The first-order chi connectivity index (χ1) is 8.99. The summed E-state index contributed by atoms with van der Waals surface area (Å²) in [4.78, 5) is 13.9. The second kappa shape index (κ2) is 5.99. The van der Waals surface area contributed by atoms with Gasteiger partial charge in [0, 0.05) is 31.9 Å². The van der Waals surface area contributed by atoms with Crippen molar-refractivity contribution >= 4 is 17.7 Å². The zero-order valence-corrected chi connectivity index (χ0v) is 13.1. The van der Waals surface area contributed by atoms with Crippen molar-refractivity contribution in [3.8, 4) is 0 Å². The van der Waals surface area contributed by atoms with E-state index in [9.17, 15) is 4.79 Å². The Morgan fingerprint density at radius 2 is 2.16 bits per heavy atom. The van der Waals surface area contributed by atoms with E-state index >= 15 is 0 Å². The van der Waals surface area contributed by atoms with Crippen LogP contribution < -0.4 is 0 Å². The molecule has 1 amide bonds. The van der Waals surface area contributed by atoms with Gasteiger partial charge in [-0.1, -0.05) is 0 Å². The molecule has 4 nitrogen and oxygen atoms in total. The van der Waals surface area contributed by atoms with Crippen molar-refractivity contribution in [1.29, 1.82) is 0 Å². The van der Waals surface area contributed by atoms with Crippen LogP contribution in [0.5, 0.6) is 0 Å². The summed E-state index contributed by atoms with van der Waals surface area (Å²) < 4.78 is 1.88. The third-order valence-electron chi connectivity index (χ3n) is 3.76. The van der Waals surface area contributed by atoms with Crippen molar-refractivity contribution < 1.29 is 4.79 Å². The Hall–Kier alpha value is -0.970. The summed E-state index contributed by atoms with van der Waals surface area (Å²) in [5, 5.41) is 4.39. The van der Waals surface area contributed by atoms with Crippen molar-refractivity contribution in [2.75, 3.05) is 18.6 Å². The summed E-state index contributed by atoms with van der Waals surface area (Å²) in [6.07, 6.45) is 2.70. The minimum atomic E-state index is 0.216. The highest BCUT2D eigenvalue weighted by atomic mass is 32.2. The molecule has 1 fully saturated rings. The zero-order chi connectivity index (χ0) is 14.0. The molecule has 0 spiro atoms. The Labute approximate surface area is 119 Å². The second-order valence-electron chi connectivity index (χ2n) is 5.48. The number of hydrogen-bond acceptors (Lipinski definition) is 3. The molecule has 0 atom stereocenters. The average Bonchev–Trinajstić information content (AvgIpc) is 3.14. The Morgan fingerprint density at radius 1 is 1.47 bits per heavy atom. The van der Waals surface area contributed by atoms with Crippen LogP contribution in [-0.2, 0) is 18.4 Å². The van der Waals surface area contributed by atoms with E-state index in [1.54, 1.807) is 11.8 Å². The lowest BCUT2D eigenvalue weighted by molar-refractivity contribution is -0.127. The van der Waals surface area contributed by atoms with Crippen LogP contribution in [0.2, 0.25) is 0 Å². The smallest absolute Gasteiger partial charge is 0.232 e. The van der Waals surface area contributed by atoms with Crippen LogP contribution in [0.1, 0.15) is 29.8 Å². The molecule has 0 aromatic carbocycles. The number of hydrogen-bond donors (Lipinski definition) is 0. The van der Waals surface area contributed by atoms with Crippen molar-refractivity contribution in [3.05, 3.63) is 17.0 Å². The molecule has 1 saturated carbocycles. The van der Waals surface area contributed by atoms with E-state index in [2.05, 4.69) is 12.0 Å². The molecular formula is C14H23N3OS. The SMILES string of the molecule is Cc1nn(C)c(C)c1CN(C)C(=O)CSCC1CC1. The average molecular weight is 281 g/mol. The van der Waals surface area contributed by atoms with Gasteiger partial charge in [-0.25, -0.2) is 0 Å². The summed E-state index contributed by atoms with van der Waals surface area (Å²) in [6.45, 7) is 4.71. The molecule has 0 saturated heterocycles. The highest BCUT2D eigenvalue weighted by Gasteiger charge is 2.22. The quantitative estimate of drug-likeness (QED) is 0.802. The fourth-order valence-corrected chi connectivity index (χ4v) is 3.26. The zero-order valence-electron chi connectivity index (χ0n) is 12.3. The van der Waals surface area contributed by atoms with Crippen LogP contribution in [0.3, 0.4) is 0 Å². The normalized spacial score (nSPS) is 14.7. The number of aromatic nitrogens is 2. The van der Waals surface area contributed by atoms with Gasteiger partial charge in [0.2, 0.25) is 5.91 Å². The molecule has 2 rings (SSSR count). The standard InChI is InChI=1S/C14H23N3OS/c1-10-13(11(2)17(4)15-10)7-16(3)14(18)9-19-8-12-5-6-12/h12H,5-9H2,1-4H3. The van der Waals surface area contributed by atoms with Gasteiger partial charge in [-0.3, -0.25) is 9.48 Å². The molecule has 1 heterocycles. The molecule has 19 heavy (non-hydrogen) atoms. The van der Waals surface area contributed by atoms with Gasteiger partial charge in [-0.15, -0.1) is 0 Å². The van der Waals surface area contributed by atoms with Crippen LogP contribution >= 0.6 is 11.8 Å². The molecule has 1 aliphatic rings. The molecule has 5 heteroatoms. The third-order valence-corrected chi connectivity index (χ3v) is 4.91. The van der Waals surface area contributed by atoms with Crippen molar-refractivity contribution in [1.82, 2.24) is 14.7 Å². The molecule has 0 radical (unpaired) electrons. The Balaban J connectivity index is 1.84. The highest BCUT2D eigenvalue weighted by Crippen LogP contribution is 2.32. The number of aryl methyl sites for hydroxylation is 2. The lowest BCUT2D eigenvalue weighted by Gasteiger charge is -2.17. The Bertz CT molecular complexity index is 466. The first kappa shape index (κ1) is 14.4. The predicted molar refractivity (Wildman–Crippen MR) is 79.2 cm³/mol. The van der Waals surface area contributed by atoms with Gasteiger partial charge in [-0.05, 0) is 38.4 Å². The molecule has 0 N–H and O–H groups in total. The van der Waals surface area contributed by atoms with Crippen LogP contribution in [0.15, 0.2) is 0 Å². The van der Waals surface area contributed by atoms with Crippen LogP contribution in [0.25, 0.3) is 0 Å². The Morgan fingerprint density at radius 3 is 2.68 bits per heavy atom. The molecule has 1 aromatic rings. The monoisotopic (exact) mass is 281 g/mol. The van der Waals surface area contributed by atoms with E-state index in [1.165, 1.54) is 18.4 Å². The van der Waals surface area contributed by atoms with Crippen molar-refractivity contribution in [2.45, 2.75) is 33.2 Å². The van der Waals surface area contributed by atoms with Gasteiger partial charge >= 0.3 is 0 Å². The molecule has 0 aliphatic heterocycles. The fourth-order valence-electron chi connectivity index (χ4n) is 2.08. The maximum absolute atomic E-state index is 12.1. The molecule has 106 valence electrons. The molecule has 1 aliphatic carbocycles. The van der Waals surface area contributed by atoms with Gasteiger partial charge in [-0.2, -0.15) is 16.9 Å². The maximum atomic E-state index is 12.1. The van der Waals surface area contributed by atoms with E-state index < -0.39 is 0 Å². The molecular weight excluding hydrogens is 258 g/mol. The molecule has 0 unspecified atom stereocenters. The molecule has 1 aromatic heterocycles. The van der Waals surface area contributed by atoms with Crippen molar-refractivity contribution in [2.24, 2.45) is 13.0 Å². The Kier molecular flexibility index (Phi) is 4.55. The summed E-state index contributed by atoms with van der Waals surface area (Å²) in [5.41, 5.74) is 3.33. The van der Waals surface area contributed by atoms with E-state index in [-0.39, 0.29) is 5.91 Å². The van der Waals surface area contributed by atoms with Gasteiger partial charge in [0.15, 0.2) is 0 Å². The van der Waals surface area contributed by atoms with Gasteiger partial charge < -0.3 is 4.90 Å². The summed E-state index contributed by atoms with van der Waals surface area (Å²) in [6, 6.07) is 0. The minimum Gasteiger partial charge on any atom is -0.341 e. The van der Waals surface area contributed by atoms with Crippen LogP contribution in [-0.4, -0.2) is 39.1 Å². The number of carbonyl (C=O) groups is 1. The van der Waals surface area contributed by atoms with Crippen LogP contribution in [0.4, 0.5) is 0 Å². The van der Waals surface area contributed by atoms with E-state index in [0.29, 0.717) is 12.3 Å². The number of nitrogens with zero attached hydrogens (tertiary/aromatic N) is 3. The van der Waals surface area contributed by atoms with Gasteiger partial charge in [0.1, 0.15) is 0 Å². The number of thioether (sulfide) groups is 1. The summed E-state index contributed by atoms with van der Waals surface area (Å²) in [5.74, 6) is 2.84. The summed E-state index contributed by atoms with van der Waals surface area (Å²) >= 11 is 1.77. The maximum Gasteiger partial charge on any atom is 0.232 e. The molecule has 0 bridgehead atoms. The number of carbonyl (C=O) groups excluding carboxylic acids is 1. The first-order valence-electron chi connectivity index (χ1n) is 6.79. The minimum absolute atomic E-state index is 0.216. The number of amides is 1.